The highest BCUT2D eigenvalue weighted by molar-refractivity contribution is 6.95. The first-order valence-electron chi connectivity index (χ1n) is 23.4. The Labute approximate surface area is 384 Å². The molecule has 0 saturated heterocycles. The quantitative estimate of drug-likeness (QED) is 0.150. The van der Waals surface area contributed by atoms with E-state index in [2.05, 4.69) is 223 Å². The molecule has 0 N–H and O–H groups in total. The van der Waals surface area contributed by atoms with Gasteiger partial charge in [-0.05, 0) is 87.6 Å². The van der Waals surface area contributed by atoms with Crippen LogP contribution in [-0.4, -0.2) is 6.85 Å². The molecule has 11 aromatic rings. The van der Waals surface area contributed by atoms with Crippen molar-refractivity contribution in [2.24, 2.45) is 0 Å². The van der Waals surface area contributed by atoms with Gasteiger partial charge in [0, 0.05) is 50.2 Å². The van der Waals surface area contributed by atoms with Gasteiger partial charge in [-0.1, -0.05) is 183 Å². The number of aryl methyl sites for hydroxylation is 1. The largest absolute Gasteiger partial charge is 0.456 e. The highest BCUT2D eigenvalue weighted by Crippen LogP contribution is 2.61. The number of hydrogen-bond donors (Lipinski definition) is 0. The molecule has 14 rings (SSSR count). The summed E-state index contributed by atoms with van der Waals surface area (Å²) in [5.41, 5.74) is 19.9. The van der Waals surface area contributed by atoms with Gasteiger partial charge in [-0.3, -0.25) is 4.90 Å². The fraction of sp³-hybridized carbons (Fsp3) is 0.0820. The van der Waals surface area contributed by atoms with Crippen LogP contribution in [0.1, 0.15) is 47.6 Å². The minimum Gasteiger partial charge on any atom is -0.456 e. The first kappa shape index (κ1) is 37.4. The Kier molecular flexibility index (Phi) is 8.06. The predicted octanol–water partition coefficient (Wildman–Crippen LogP) is 14.7. The zero-order valence-electron chi connectivity index (χ0n) is 36.5. The van der Waals surface area contributed by atoms with Gasteiger partial charge in [0.1, 0.15) is 16.7 Å². The second-order valence-electron chi connectivity index (χ2n) is 18.1. The number of furan rings is 2. The first-order chi connectivity index (χ1) is 32.7. The van der Waals surface area contributed by atoms with Crippen LogP contribution in [-0.2, 0) is 11.8 Å². The summed E-state index contributed by atoms with van der Waals surface area (Å²) in [5, 5.41) is 3.36. The monoisotopic (exact) mass is 846 g/mol. The summed E-state index contributed by atoms with van der Waals surface area (Å²) >= 11 is 0. The van der Waals surface area contributed by atoms with Crippen molar-refractivity contribution in [1.29, 1.82) is 0 Å². The van der Waals surface area contributed by atoms with Crippen LogP contribution in [0.3, 0.4) is 0 Å². The number of unbranched alkanes of at least 4 members (excludes halogenated alkanes) is 1. The number of anilines is 5. The van der Waals surface area contributed by atoms with E-state index in [1.165, 1.54) is 66.9 Å². The van der Waals surface area contributed by atoms with Crippen molar-refractivity contribution in [2.45, 2.75) is 31.6 Å². The Balaban J connectivity index is 1.17. The summed E-state index contributed by atoms with van der Waals surface area (Å²) in [6, 6.07) is 75.9. The van der Waals surface area contributed by atoms with E-state index in [-0.39, 0.29) is 6.85 Å². The lowest BCUT2D eigenvalue weighted by atomic mass is 9.42. The third-order valence-corrected chi connectivity index (χ3v) is 14.7. The summed E-state index contributed by atoms with van der Waals surface area (Å²) in [6.45, 7) is 2.01. The van der Waals surface area contributed by atoms with Crippen molar-refractivity contribution in [1.82, 2.24) is 0 Å². The molecule has 0 atom stereocenters. The minimum atomic E-state index is -0.625. The maximum atomic E-state index is 7.33. The van der Waals surface area contributed by atoms with Gasteiger partial charge in [0.2, 0.25) is 5.88 Å². The van der Waals surface area contributed by atoms with Gasteiger partial charge in [0.15, 0.2) is 0 Å². The Bertz CT molecular complexity index is 3680. The van der Waals surface area contributed by atoms with Crippen LogP contribution in [0.2, 0.25) is 0 Å². The SMILES string of the molecule is CCCCc1ccc(N2c3cc4oc5ccccc5c4c4c3B(c3c2oc2ccccc32)N2c3ccccc3C(c3ccccc3)(c3ccccc3)c3cccc-4c32)c(-c2ccccc2)c1. The molecule has 9 aromatic carbocycles. The van der Waals surface area contributed by atoms with Crippen molar-refractivity contribution < 1.29 is 8.83 Å². The van der Waals surface area contributed by atoms with Crippen molar-refractivity contribution in [3.63, 3.8) is 0 Å². The summed E-state index contributed by atoms with van der Waals surface area (Å²) in [7, 11) is 0. The summed E-state index contributed by atoms with van der Waals surface area (Å²) in [4.78, 5) is 5.10. The van der Waals surface area contributed by atoms with Crippen LogP contribution < -0.4 is 20.6 Å². The standard InChI is InChI=1S/C61H43BN2O2/c1-2-3-20-39-35-36-49(46(37-39)40-21-7-4-8-22-40)63-51-38-54-55(43-27-13-17-33-52(43)65-54)56-45-29-19-31-48-59(45)64(62(58(51)56)57-44-28-14-18-34-53(44)66-60(57)63)50-32-16-15-30-47(50)61(48,41-23-9-5-10-24-41)42-25-11-6-12-26-42/h4-19,21-38H,2-3,20H2,1H3. The Morgan fingerprint density at radius 3 is 1.91 bits per heavy atom. The van der Waals surface area contributed by atoms with Gasteiger partial charge in [0.25, 0.3) is 0 Å². The van der Waals surface area contributed by atoms with Crippen LogP contribution in [0.4, 0.5) is 28.6 Å². The average Bonchev–Trinajstić information content (AvgIpc) is 3.96. The van der Waals surface area contributed by atoms with Gasteiger partial charge in [0.05, 0.1) is 16.8 Å². The first-order valence-corrected chi connectivity index (χ1v) is 23.4. The van der Waals surface area contributed by atoms with E-state index in [0.717, 1.165) is 74.9 Å². The van der Waals surface area contributed by atoms with Crippen molar-refractivity contribution >= 4 is 79.3 Å². The molecule has 66 heavy (non-hydrogen) atoms. The van der Waals surface area contributed by atoms with Crippen LogP contribution in [0, 0.1) is 0 Å². The molecule has 2 aromatic heterocycles. The van der Waals surface area contributed by atoms with Crippen LogP contribution in [0.25, 0.3) is 55.2 Å². The molecule has 0 saturated carbocycles. The van der Waals surface area contributed by atoms with Gasteiger partial charge < -0.3 is 13.6 Å². The van der Waals surface area contributed by atoms with E-state index in [1.54, 1.807) is 0 Å². The van der Waals surface area contributed by atoms with Gasteiger partial charge in [-0.2, -0.15) is 0 Å². The second kappa shape index (κ2) is 14.2. The molecule has 0 radical (unpaired) electrons. The molecule has 0 unspecified atom stereocenters. The van der Waals surface area contributed by atoms with Crippen LogP contribution >= 0.6 is 0 Å². The van der Waals surface area contributed by atoms with Crippen LogP contribution in [0.5, 0.6) is 0 Å². The van der Waals surface area contributed by atoms with E-state index < -0.39 is 5.41 Å². The Morgan fingerprint density at radius 2 is 1.15 bits per heavy atom. The second-order valence-corrected chi connectivity index (χ2v) is 18.1. The lowest BCUT2D eigenvalue weighted by molar-refractivity contribution is 0.622. The third-order valence-electron chi connectivity index (χ3n) is 14.7. The molecule has 0 spiro atoms. The lowest BCUT2D eigenvalue weighted by Gasteiger charge is -2.52. The normalized spacial score (nSPS) is 14.0. The van der Waals surface area contributed by atoms with Crippen molar-refractivity contribution in [3.05, 3.63) is 234 Å². The molecule has 3 aliphatic heterocycles. The summed E-state index contributed by atoms with van der Waals surface area (Å²) < 4.78 is 14.3. The molecule has 0 fully saturated rings. The van der Waals surface area contributed by atoms with E-state index in [1.807, 2.05) is 0 Å². The maximum Gasteiger partial charge on any atom is 0.337 e. The maximum absolute atomic E-state index is 7.33. The third kappa shape index (κ3) is 5.00. The van der Waals surface area contributed by atoms with E-state index in [4.69, 9.17) is 8.83 Å². The highest BCUT2D eigenvalue weighted by atomic mass is 16.4. The molecule has 0 aliphatic carbocycles. The highest BCUT2D eigenvalue weighted by Gasteiger charge is 2.55. The molecule has 5 heteroatoms. The number of fused-ring (bicyclic) bond motifs is 12. The molecule has 0 bridgehead atoms. The van der Waals surface area contributed by atoms with Gasteiger partial charge in [-0.25, -0.2) is 0 Å². The fourth-order valence-corrected chi connectivity index (χ4v) is 12.0. The van der Waals surface area contributed by atoms with E-state index >= 15 is 0 Å². The van der Waals surface area contributed by atoms with E-state index in [0.29, 0.717) is 0 Å². The number of para-hydroxylation sites is 4. The number of nitrogens with zero attached hydrogens (tertiary/aromatic N) is 2. The minimum absolute atomic E-state index is 0.258. The van der Waals surface area contributed by atoms with Gasteiger partial charge in [-0.15, -0.1) is 0 Å². The molecule has 4 nitrogen and oxygen atoms in total. The number of hydrogen-bond acceptors (Lipinski definition) is 4. The molecule has 3 aliphatic rings. The van der Waals surface area contributed by atoms with E-state index in [9.17, 15) is 0 Å². The number of benzene rings is 9. The topological polar surface area (TPSA) is 32.8 Å². The molecular formula is C61H43BN2O2. The molecule has 312 valence electrons. The lowest BCUT2D eigenvalue weighted by Crippen LogP contribution is -2.63. The zero-order chi connectivity index (χ0) is 43.5. The van der Waals surface area contributed by atoms with Crippen molar-refractivity contribution in [3.8, 4) is 22.3 Å². The summed E-state index contributed by atoms with van der Waals surface area (Å²) in [5.74, 6) is 0.829. The average molecular weight is 847 g/mol. The number of rotatable bonds is 7. The Hall–Kier alpha value is -8.02. The molecule has 5 heterocycles. The van der Waals surface area contributed by atoms with Crippen LogP contribution in [0.15, 0.2) is 215 Å². The van der Waals surface area contributed by atoms with Crippen molar-refractivity contribution in [2.75, 3.05) is 9.71 Å². The Morgan fingerprint density at radius 1 is 0.500 bits per heavy atom. The smallest absolute Gasteiger partial charge is 0.337 e. The fourth-order valence-electron chi connectivity index (χ4n) is 12.0. The molecule has 0 amide bonds. The summed E-state index contributed by atoms with van der Waals surface area (Å²) in [6.07, 6.45) is 3.30. The molecular weight excluding hydrogens is 803 g/mol. The van der Waals surface area contributed by atoms with Gasteiger partial charge >= 0.3 is 6.85 Å². The predicted molar refractivity (Wildman–Crippen MR) is 273 cm³/mol. The zero-order valence-corrected chi connectivity index (χ0v) is 36.5.